The quantitative estimate of drug-likeness (QED) is 0.316. The number of benzene rings is 1. The standard InChI is InChI=1S/C21H17F4NO5/c22-20(23)30-15-7-5-14(18(11-15)31-21(24)25)6-8-19(27)26(12-16-3-1-9-28-16)13-17-4-2-10-29-17/h1-11,20-21H,12-13H2/b8-6+. The molecule has 2 aromatic heterocycles. The second kappa shape index (κ2) is 10.4. The highest BCUT2D eigenvalue weighted by Crippen LogP contribution is 2.28. The Kier molecular flexibility index (Phi) is 7.36. The molecule has 0 N–H and O–H groups in total. The van der Waals surface area contributed by atoms with Crippen molar-refractivity contribution in [2.75, 3.05) is 0 Å². The van der Waals surface area contributed by atoms with Gasteiger partial charge in [-0.3, -0.25) is 4.79 Å². The zero-order chi connectivity index (χ0) is 22.2. The van der Waals surface area contributed by atoms with E-state index in [1.807, 2.05) is 0 Å². The van der Waals surface area contributed by atoms with Gasteiger partial charge in [0.05, 0.1) is 25.6 Å². The molecule has 0 unspecified atom stereocenters. The molecule has 0 radical (unpaired) electrons. The molecule has 0 saturated carbocycles. The van der Waals surface area contributed by atoms with Gasteiger partial charge in [-0.25, -0.2) is 0 Å². The van der Waals surface area contributed by atoms with E-state index in [-0.39, 0.29) is 24.4 Å². The zero-order valence-electron chi connectivity index (χ0n) is 15.9. The van der Waals surface area contributed by atoms with Gasteiger partial charge in [0.25, 0.3) is 0 Å². The van der Waals surface area contributed by atoms with Gasteiger partial charge in [0.2, 0.25) is 5.91 Å². The van der Waals surface area contributed by atoms with Gasteiger partial charge in [0.15, 0.2) is 0 Å². The van der Waals surface area contributed by atoms with Crippen molar-refractivity contribution in [3.8, 4) is 11.5 Å². The van der Waals surface area contributed by atoms with E-state index in [1.54, 1.807) is 24.3 Å². The molecule has 1 amide bonds. The van der Waals surface area contributed by atoms with Crippen molar-refractivity contribution in [1.29, 1.82) is 0 Å². The normalized spacial score (nSPS) is 11.4. The summed E-state index contributed by atoms with van der Waals surface area (Å²) in [6, 6.07) is 10.0. The maximum absolute atomic E-state index is 12.8. The largest absolute Gasteiger partial charge is 0.467 e. The average molecular weight is 439 g/mol. The predicted molar refractivity (Wildman–Crippen MR) is 100 cm³/mol. The van der Waals surface area contributed by atoms with Crippen molar-refractivity contribution < 1.29 is 40.7 Å². The maximum atomic E-state index is 12.8. The predicted octanol–water partition coefficient (Wildman–Crippen LogP) is 5.32. The molecule has 0 aliphatic rings. The first-order valence-electron chi connectivity index (χ1n) is 8.96. The Morgan fingerprint density at radius 3 is 2.06 bits per heavy atom. The van der Waals surface area contributed by atoms with Crippen LogP contribution in [-0.2, 0) is 17.9 Å². The fraction of sp³-hybridized carbons (Fsp3) is 0.190. The van der Waals surface area contributed by atoms with E-state index in [1.165, 1.54) is 29.6 Å². The van der Waals surface area contributed by atoms with Crippen LogP contribution in [-0.4, -0.2) is 24.0 Å². The minimum Gasteiger partial charge on any atom is -0.467 e. The number of halogens is 4. The molecule has 10 heteroatoms. The lowest BCUT2D eigenvalue weighted by molar-refractivity contribution is -0.127. The molecule has 0 bridgehead atoms. The highest BCUT2D eigenvalue weighted by atomic mass is 19.3. The van der Waals surface area contributed by atoms with Crippen LogP contribution in [0, 0.1) is 0 Å². The molecule has 1 aromatic carbocycles. The second-order valence-electron chi connectivity index (χ2n) is 6.14. The lowest BCUT2D eigenvalue weighted by Gasteiger charge is -2.19. The van der Waals surface area contributed by atoms with Gasteiger partial charge >= 0.3 is 13.2 Å². The van der Waals surface area contributed by atoms with E-state index < -0.39 is 24.9 Å². The van der Waals surface area contributed by atoms with Crippen molar-refractivity contribution in [2.24, 2.45) is 0 Å². The fourth-order valence-corrected chi connectivity index (χ4v) is 2.69. The monoisotopic (exact) mass is 439 g/mol. The third kappa shape index (κ3) is 6.66. The molecule has 0 saturated heterocycles. The van der Waals surface area contributed by atoms with E-state index in [0.717, 1.165) is 18.2 Å². The number of furan rings is 2. The van der Waals surface area contributed by atoms with Gasteiger partial charge in [-0.2, -0.15) is 17.6 Å². The molecular formula is C21H17F4NO5. The molecule has 0 spiro atoms. The molecular weight excluding hydrogens is 422 g/mol. The van der Waals surface area contributed by atoms with Crippen LogP contribution < -0.4 is 9.47 Å². The molecule has 0 atom stereocenters. The fourth-order valence-electron chi connectivity index (χ4n) is 2.69. The number of carbonyl (C=O) groups is 1. The number of nitrogens with zero attached hydrogens (tertiary/aromatic N) is 1. The molecule has 31 heavy (non-hydrogen) atoms. The molecule has 0 fully saturated rings. The Labute approximate surface area is 174 Å². The summed E-state index contributed by atoms with van der Waals surface area (Å²) in [5.74, 6) is -0.178. The zero-order valence-corrected chi connectivity index (χ0v) is 15.9. The second-order valence-corrected chi connectivity index (χ2v) is 6.14. The van der Waals surface area contributed by atoms with Crippen LogP contribution in [0.5, 0.6) is 11.5 Å². The lowest BCUT2D eigenvalue weighted by atomic mass is 10.1. The first kappa shape index (κ1) is 22.0. The van der Waals surface area contributed by atoms with Gasteiger partial charge in [-0.1, -0.05) is 0 Å². The molecule has 3 aromatic rings. The number of rotatable bonds is 10. The molecule has 164 valence electrons. The number of amides is 1. The molecule has 0 aliphatic carbocycles. The highest BCUT2D eigenvalue weighted by molar-refractivity contribution is 5.92. The van der Waals surface area contributed by atoms with Gasteiger partial charge < -0.3 is 23.2 Å². The third-order valence-electron chi connectivity index (χ3n) is 4.00. The van der Waals surface area contributed by atoms with Crippen molar-refractivity contribution in [3.05, 3.63) is 78.2 Å². The van der Waals surface area contributed by atoms with E-state index in [2.05, 4.69) is 9.47 Å². The SMILES string of the molecule is O=C(/C=C/c1ccc(OC(F)F)cc1OC(F)F)N(Cc1ccco1)Cc1ccco1. The number of hydrogen-bond acceptors (Lipinski definition) is 5. The van der Waals surface area contributed by atoms with E-state index >= 15 is 0 Å². The van der Waals surface area contributed by atoms with Crippen LogP contribution in [0.25, 0.3) is 6.08 Å². The average Bonchev–Trinajstić information content (AvgIpc) is 3.40. The van der Waals surface area contributed by atoms with Crippen molar-refractivity contribution in [2.45, 2.75) is 26.3 Å². The Bertz CT molecular complexity index is 951. The van der Waals surface area contributed by atoms with Crippen molar-refractivity contribution in [3.63, 3.8) is 0 Å². The Morgan fingerprint density at radius 1 is 0.935 bits per heavy atom. The molecule has 0 aliphatic heterocycles. The summed E-state index contributed by atoms with van der Waals surface area (Å²) < 4.78 is 69.3. The van der Waals surface area contributed by atoms with Crippen LogP contribution in [0.3, 0.4) is 0 Å². The summed E-state index contributed by atoms with van der Waals surface area (Å²) in [4.78, 5) is 14.2. The molecule has 3 rings (SSSR count). The topological polar surface area (TPSA) is 65.1 Å². The van der Waals surface area contributed by atoms with E-state index in [9.17, 15) is 22.4 Å². The van der Waals surface area contributed by atoms with Gasteiger partial charge in [0, 0.05) is 17.7 Å². The summed E-state index contributed by atoms with van der Waals surface area (Å²) in [6.07, 6.45) is 5.33. The molecule has 2 heterocycles. The van der Waals surface area contributed by atoms with Crippen molar-refractivity contribution in [1.82, 2.24) is 4.90 Å². The van der Waals surface area contributed by atoms with E-state index in [0.29, 0.717) is 11.5 Å². The Balaban J connectivity index is 1.80. The summed E-state index contributed by atoms with van der Waals surface area (Å²) in [6.45, 7) is -6.05. The first-order chi connectivity index (χ1) is 14.9. The number of alkyl halides is 4. The van der Waals surface area contributed by atoms with Crippen LogP contribution in [0.2, 0.25) is 0 Å². The summed E-state index contributed by atoms with van der Waals surface area (Å²) in [5, 5.41) is 0. The van der Waals surface area contributed by atoms with Crippen LogP contribution >= 0.6 is 0 Å². The highest BCUT2D eigenvalue weighted by Gasteiger charge is 2.16. The Hall–Kier alpha value is -3.69. The smallest absolute Gasteiger partial charge is 0.387 e. The van der Waals surface area contributed by atoms with Gasteiger partial charge in [-0.15, -0.1) is 0 Å². The van der Waals surface area contributed by atoms with Crippen LogP contribution in [0.1, 0.15) is 17.1 Å². The Morgan fingerprint density at radius 2 is 1.55 bits per heavy atom. The number of hydrogen-bond donors (Lipinski definition) is 0. The van der Waals surface area contributed by atoms with Crippen LogP contribution in [0.15, 0.2) is 69.9 Å². The van der Waals surface area contributed by atoms with Crippen molar-refractivity contribution >= 4 is 12.0 Å². The summed E-state index contributed by atoms with van der Waals surface area (Å²) in [5.41, 5.74) is 0.0752. The van der Waals surface area contributed by atoms with Gasteiger partial charge in [-0.05, 0) is 42.5 Å². The number of ether oxygens (including phenoxy) is 2. The molecule has 6 nitrogen and oxygen atoms in total. The first-order valence-corrected chi connectivity index (χ1v) is 8.96. The minimum absolute atomic E-state index is 0.0752. The van der Waals surface area contributed by atoms with Crippen LogP contribution in [0.4, 0.5) is 17.6 Å². The van der Waals surface area contributed by atoms with Gasteiger partial charge in [0.1, 0.15) is 23.0 Å². The lowest BCUT2D eigenvalue weighted by Crippen LogP contribution is -2.28. The number of carbonyl (C=O) groups excluding carboxylic acids is 1. The summed E-state index contributed by atoms with van der Waals surface area (Å²) in [7, 11) is 0. The van der Waals surface area contributed by atoms with E-state index in [4.69, 9.17) is 8.83 Å². The third-order valence-corrected chi connectivity index (χ3v) is 4.00. The minimum atomic E-state index is -3.20. The maximum Gasteiger partial charge on any atom is 0.387 e. The summed E-state index contributed by atoms with van der Waals surface area (Å²) >= 11 is 0.